The van der Waals surface area contributed by atoms with Gasteiger partial charge in [0.15, 0.2) is 0 Å². The van der Waals surface area contributed by atoms with Gasteiger partial charge < -0.3 is 19.7 Å². The van der Waals surface area contributed by atoms with Gasteiger partial charge >= 0.3 is 0 Å². The van der Waals surface area contributed by atoms with E-state index in [0.717, 1.165) is 61.3 Å². The average molecular weight is 1290 g/mol. The molecule has 93 heavy (non-hydrogen) atoms. The summed E-state index contributed by atoms with van der Waals surface area (Å²) in [5, 5.41) is 26.1. The minimum absolute atomic E-state index is 0.191. The first-order valence-electron chi connectivity index (χ1n) is 35.3. The zero-order valence-electron chi connectivity index (χ0n) is 67.0. The van der Waals surface area contributed by atoms with Gasteiger partial charge in [-0.15, -0.1) is 0 Å². The third-order valence-corrected chi connectivity index (χ3v) is 13.6. The molecule has 4 nitrogen and oxygen atoms in total. The van der Waals surface area contributed by atoms with Crippen LogP contribution in [0.1, 0.15) is 287 Å². The highest BCUT2D eigenvalue weighted by Gasteiger charge is 2.16. The van der Waals surface area contributed by atoms with Crippen molar-refractivity contribution in [1.29, 1.82) is 0 Å². The zero-order valence-corrected chi connectivity index (χ0v) is 67.0. The standard InChI is InChI=1S/2C12H18.C11H16.C10H14.C9H14O.C9H20O.2C9H18O.C8H16/c1-10-6-5-7-11(8-10)9-12(2,3)4;1-12(2,3)10-9-11-7-5-4-6-8-11;1-11(2,3)9-10-7-5-4-6-8-10;1-10(2,3)9-7-5-4-6-8-9;1-9(2,3)7-8-5-4-6-10-8;3*1-8(7-10)5-6-9(2,3)4;1-7(2)5-6-8(3)4/h5-8H,9H2,1-4H3;4-8H,9-10H2,1-3H3;4-8H,9H2,1-3H3;4-8H,1-3H3;4-6H,7H2,1-3H3;8,10H,5-7H2,1-4H3;2*5,10H,6-7H2,1-4H3;5,8H,6H2,1-4H3/b;;;;;;8-5+;8-5-;. The maximum atomic E-state index is 8.73. The van der Waals surface area contributed by atoms with E-state index in [1.807, 2.05) is 26.0 Å². The van der Waals surface area contributed by atoms with Gasteiger partial charge in [0.25, 0.3) is 0 Å². The van der Waals surface area contributed by atoms with E-state index in [9.17, 15) is 0 Å². The van der Waals surface area contributed by atoms with Crippen LogP contribution in [0.4, 0.5) is 0 Å². The van der Waals surface area contributed by atoms with Gasteiger partial charge in [0.1, 0.15) is 5.76 Å². The Labute approximate surface area is 579 Å². The molecule has 0 aliphatic carbocycles. The molecule has 0 amide bonds. The summed E-state index contributed by atoms with van der Waals surface area (Å²) in [6.45, 7) is 71.2. The average Bonchev–Trinajstić information content (AvgIpc) is 1.69. The van der Waals surface area contributed by atoms with Crippen molar-refractivity contribution in [2.45, 2.75) is 291 Å². The van der Waals surface area contributed by atoms with Gasteiger partial charge in [-0.3, -0.25) is 0 Å². The highest BCUT2D eigenvalue weighted by Crippen LogP contribution is 2.26. The van der Waals surface area contributed by atoms with Crippen molar-refractivity contribution in [3.63, 3.8) is 0 Å². The maximum absolute atomic E-state index is 8.73. The van der Waals surface area contributed by atoms with E-state index in [0.29, 0.717) is 55.8 Å². The molecule has 0 radical (unpaired) electrons. The van der Waals surface area contributed by atoms with Crippen LogP contribution in [0.2, 0.25) is 0 Å². The number of hydrogen-bond acceptors (Lipinski definition) is 4. The first-order chi connectivity index (χ1) is 42.3. The molecule has 0 saturated heterocycles. The van der Waals surface area contributed by atoms with Crippen molar-refractivity contribution in [1.82, 2.24) is 0 Å². The van der Waals surface area contributed by atoms with E-state index in [1.165, 1.54) is 59.1 Å². The highest BCUT2D eigenvalue weighted by molar-refractivity contribution is 5.24. The summed E-state index contributed by atoms with van der Waals surface area (Å²) in [5.41, 5.74) is 13.6. The summed E-state index contributed by atoms with van der Waals surface area (Å²) in [4.78, 5) is 0. The molecule has 0 saturated carbocycles. The smallest absolute Gasteiger partial charge is 0.104 e. The first-order valence-corrected chi connectivity index (χ1v) is 35.3. The van der Waals surface area contributed by atoms with Crippen molar-refractivity contribution in [2.24, 2.45) is 49.7 Å². The molecule has 3 N–H and O–H groups in total. The number of aryl methyl sites for hydroxylation is 2. The largest absolute Gasteiger partial charge is 0.469 e. The zero-order chi connectivity index (χ0) is 72.9. The number of aliphatic hydroxyl groups excluding tert-OH is 3. The second-order valence-corrected chi connectivity index (χ2v) is 36.2. The topological polar surface area (TPSA) is 73.8 Å². The minimum Gasteiger partial charge on any atom is -0.469 e. The highest BCUT2D eigenvalue weighted by atomic mass is 16.3. The van der Waals surface area contributed by atoms with Crippen molar-refractivity contribution >= 4 is 0 Å². The van der Waals surface area contributed by atoms with E-state index in [1.54, 1.807) is 6.26 Å². The van der Waals surface area contributed by atoms with E-state index in [2.05, 4.69) is 341 Å². The lowest BCUT2D eigenvalue weighted by atomic mass is 9.87. The second kappa shape index (κ2) is 48.9. The first kappa shape index (κ1) is 94.7. The fourth-order valence-electron chi connectivity index (χ4n) is 8.01. The minimum atomic E-state index is 0.191. The lowest BCUT2D eigenvalue weighted by molar-refractivity contribution is 0.212. The number of allylic oxidation sites excluding steroid dienone is 4. The Morgan fingerprint density at radius 3 is 1.12 bits per heavy atom. The van der Waals surface area contributed by atoms with Gasteiger partial charge in [-0.25, -0.2) is 0 Å². The Balaban J connectivity index is -0.000000480. The monoisotopic (exact) mass is 1290 g/mol. The summed E-state index contributed by atoms with van der Waals surface area (Å²) in [5.74, 6) is 2.36. The van der Waals surface area contributed by atoms with E-state index in [4.69, 9.17) is 19.7 Å². The molecule has 1 unspecified atom stereocenters. The lowest BCUT2D eigenvalue weighted by Gasteiger charge is -2.19. The number of furan rings is 1. The van der Waals surface area contributed by atoms with Gasteiger partial charge in [-0.1, -0.05) is 343 Å². The van der Waals surface area contributed by atoms with Crippen molar-refractivity contribution in [2.75, 3.05) is 19.8 Å². The number of hydrogen-bond donors (Lipinski definition) is 3. The van der Waals surface area contributed by atoms with Crippen molar-refractivity contribution in [3.8, 4) is 0 Å². The predicted molar refractivity (Wildman–Crippen MR) is 419 cm³/mol. The van der Waals surface area contributed by atoms with Gasteiger partial charge in [0, 0.05) is 13.0 Å². The molecule has 532 valence electrons. The van der Waals surface area contributed by atoms with Crippen LogP contribution in [-0.4, -0.2) is 35.1 Å². The van der Waals surface area contributed by atoms with Gasteiger partial charge in [-0.05, 0) is 182 Å². The van der Waals surface area contributed by atoms with Crippen LogP contribution in [0.3, 0.4) is 0 Å². The third kappa shape index (κ3) is 74.5. The summed E-state index contributed by atoms with van der Waals surface area (Å²) in [6, 6.07) is 44.6. The van der Waals surface area contributed by atoms with Crippen LogP contribution in [0.5, 0.6) is 0 Å². The Hall–Kier alpha value is -4.74. The van der Waals surface area contributed by atoms with Crippen LogP contribution < -0.4 is 0 Å². The molecule has 5 rings (SSSR count). The summed E-state index contributed by atoms with van der Waals surface area (Å²) in [6.07, 6.45) is 19.6. The molecule has 0 bridgehead atoms. The van der Waals surface area contributed by atoms with Gasteiger partial charge in [-0.2, -0.15) is 0 Å². The summed E-state index contributed by atoms with van der Waals surface area (Å²) in [7, 11) is 0. The van der Waals surface area contributed by atoms with Gasteiger partial charge in [0.2, 0.25) is 0 Å². The quantitative estimate of drug-likeness (QED) is 0.0969. The SMILES string of the molecule is C/C(=C/CC(C)(C)C)CO.C/C(=C\CC(C)(C)C)CO.CC(C)(C)CCc1ccccc1.CC(C)(C)Cc1ccccc1.CC(C)(C)Cc1ccco1.CC(C)(C)c1ccccc1.CC(C)=CCC(C)C.CC(CO)CCC(C)(C)C.Cc1cccc(CC(C)(C)C)c1. The van der Waals surface area contributed by atoms with E-state index >= 15 is 0 Å². The third-order valence-electron chi connectivity index (χ3n) is 13.6. The maximum Gasteiger partial charge on any atom is 0.104 e. The molecular weight excluding hydrogens is 1130 g/mol. The molecule has 4 aromatic carbocycles. The summed E-state index contributed by atoms with van der Waals surface area (Å²) < 4.78 is 5.21. The van der Waals surface area contributed by atoms with Crippen molar-refractivity contribution < 1.29 is 19.7 Å². The van der Waals surface area contributed by atoms with Crippen LogP contribution in [-0.2, 0) is 31.1 Å². The number of rotatable bonds is 14. The Morgan fingerprint density at radius 1 is 0.419 bits per heavy atom. The molecule has 1 atom stereocenters. The fourth-order valence-corrected chi connectivity index (χ4v) is 8.01. The molecule has 0 spiro atoms. The predicted octanol–water partition coefficient (Wildman–Crippen LogP) is 26.5. The second-order valence-electron chi connectivity index (χ2n) is 36.2. The van der Waals surface area contributed by atoms with Gasteiger partial charge in [0.05, 0.1) is 19.5 Å². The Kier molecular flexibility index (Phi) is 49.7. The molecule has 1 aromatic heterocycles. The number of aliphatic hydroxyl groups is 3. The van der Waals surface area contributed by atoms with Crippen LogP contribution in [0, 0.1) is 56.7 Å². The van der Waals surface area contributed by atoms with Crippen LogP contribution in [0.25, 0.3) is 0 Å². The Morgan fingerprint density at radius 2 is 0.817 bits per heavy atom. The normalized spacial score (nSPS) is 12.3. The van der Waals surface area contributed by atoms with E-state index < -0.39 is 0 Å². The molecule has 0 fully saturated rings. The fraction of sp³-hybridized carbons (Fsp3) is 0.618. The number of benzene rings is 4. The molecule has 0 aliphatic rings. The molecule has 5 aromatic rings. The van der Waals surface area contributed by atoms with E-state index in [-0.39, 0.29) is 13.2 Å². The lowest BCUT2D eigenvalue weighted by Crippen LogP contribution is -2.10. The molecule has 1 heterocycles. The van der Waals surface area contributed by atoms with Crippen LogP contribution in [0.15, 0.2) is 173 Å². The Bertz CT molecular complexity index is 2550. The van der Waals surface area contributed by atoms with Crippen LogP contribution >= 0.6 is 0 Å². The molecular formula is C89H152O4. The van der Waals surface area contributed by atoms with Crippen molar-refractivity contribution in [3.05, 3.63) is 202 Å². The molecule has 4 heteroatoms. The molecule has 0 aliphatic heterocycles. The summed E-state index contributed by atoms with van der Waals surface area (Å²) >= 11 is 0.